The van der Waals surface area contributed by atoms with E-state index in [1.807, 2.05) is 13.8 Å². The molecule has 0 saturated heterocycles. The third kappa shape index (κ3) is 2.14. The Kier molecular flexibility index (Phi) is 3.09. The molecule has 1 aromatic carbocycles. The summed E-state index contributed by atoms with van der Waals surface area (Å²) >= 11 is 0. The number of nitrogens with zero attached hydrogens (tertiary/aromatic N) is 1. The van der Waals surface area contributed by atoms with Gasteiger partial charge in [0.15, 0.2) is 17.5 Å². The van der Waals surface area contributed by atoms with Crippen molar-refractivity contribution in [3.05, 3.63) is 35.1 Å². The van der Waals surface area contributed by atoms with Gasteiger partial charge in [0.05, 0.1) is 11.6 Å². The van der Waals surface area contributed by atoms with E-state index in [0.29, 0.717) is 6.61 Å². The summed E-state index contributed by atoms with van der Waals surface area (Å²) in [5.41, 5.74) is -0.132. The molecule has 1 unspecified atom stereocenters. The molecule has 92 valence electrons. The van der Waals surface area contributed by atoms with Crippen molar-refractivity contribution in [2.45, 2.75) is 19.9 Å². The number of hydrogen-bond donors (Lipinski definition) is 0. The molecule has 5 heteroatoms. The Labute approximate surface area is 97.1 Å². The Morgan fingerprint density at radius 2 is 1.94 bits per heavy atom. The standard InChI is InChI=1S/C12H12F3NO/c1-6(2)9-5-17-12(16-9)7-3-4-8(13)11(15)10(7)14/h3-4,6,9H,5H2,1-2H3. The predicted molar refractivity (Wildman–Crippen MR) is 57.4 cm³/mol. The lowest BCUT2D eigenvalue weighted by molar-refractivity contribution is 0.290. The van der Waals surface area contributed by atoms with Gasteiger partial charge in [-0.25, -0.2) is 18.2 Å². The minimum Gasteiger partial charge on any atom is -0.475 e. The highest BCUT2D eigenvalue weighted by Crippen LogP contribution is 2.21. The third-order valence-electron chi connectivity index (χ3n) is 2.71. The van der Waals surface area contributed by atoms with Crippen LogP contribution in [0.15, 0.2) is 17.1 Å². The van der Waals surface area contributed by atoms with E-state index < -0.39 is 17.5 Å². The van der Waals surface area contributed by atoms with E-state index in [0.717, 1.165) is 12.1 Å². The fourth-order valence-electron chi connectivity index (χ4n) is 1.57. The topological polar surface area (TPSA) is 21.6 Å². The summed E-state index contributed by atoms with van der Waals surface area (Å²) in [5.74, 6) is -3.68. The van der Waals surface area contributed by atoms with Crippen molar-refractivity contribution >= 4 is 5.90 Å². The summed E-state index contributed by atoms with van der Waals surface area (Å²) in [7, 11) is 0. The molecule has 1 atom stereocenters. The SMILES string of the molecule is CC(C)C1COC(c2ccc(F)c(F)c2F)=N1. The van der Waals surface area contributed by atoms with Crippen LogP contribution < -0.4 is 0 Å². The summed E-state index contributed by atoms with van der Waals surface area (Å²) in [6.07, 6.45) is 0. The summed E-state index contributed by atoms with van der Waals surface area (Å²) in [6.45, 7) is 4.26. The first-order valence-corrected chi connectivity index (χ1v) is 5.35. The number of rotatable bonds is 2. The molecule has 0 spiro atoms. The van der Waals surface area contributed by atoms with Crippen molar-refractivity contribution in [1.82, 2.24) is 0 Å². The number of benzene rings is 1. The van der Waals surface area contributed by atoms with Gasteiger partial charge in [0.25, 0.3) is 0 Å². The molecule has 0 radical (unpaired) electrons. The summed E-state index contributed by atoms with van der Waals surface area (Å²) in [4.78, 5) is 4.15. The molecule has 17 heavy (non-hydrogen) atoms. The smallest absolute Gasteiger partial charge is 0.219 e. The van der Waals surface area contributed by atoms with Gasteiger partial charge in [0, 0.05) is 0 Å². The Hall–Kier alpha value is -1.52. The molecule has 1 aromatic rings. The molecule has 0 N–H and O–H groups in total. The van der Waals surface area contributed by atoms with Gasteiger partial charge in [-0.2, -0.15) is 0 Å². The molecule has 2 nitrogen and oxygen atoms in total. The quantitative estimate of drug-likeness (QED) is 0.732. The third-order valence-corrected chi connectivity index (χ3v) is 2.71. The van der Waals surface area contributed by atoms with Crippen LogP contribution in [0.5, 0.6) is 0 Å². The zero-order valence-electron chi connectivity index (χ0n) is 9.51. The fourth-order valence-corrected chi connectivity index (χ4v) is 1.57. The van der Waals surface area contributed by atoms with Crippen LogP contribution in [0.1, 0.15) is 19.4 Å². The van der Waals surface area contributed by atoms with Crippen molar-refractivity contribution in [3.63, 3.8) is 0 Å². The lowest BCUT2D eigenvalue weighted by Crippen LogP contribution is -2.13. The minimum absolute atomic E-state index is 0.0418. The second-order valence-electron chi connectivity index (χ2n) is 4.28. The van der Waals surface area contributed by atoms with Gasteiger partial charge >= 0.3 is 0 Å². The second kappa shape index (κ2) is 4.39. The molecular weight excluding hydrogens is 231 g/mol. The van der Waals surface area contributed by atoms with Gasteiger partial charge in [-0.1, -0.05) is 13.8 Å². The summed E-state index contributed by atoms with van der Waals surface area (Å²) in [6, 6.07) is 1.93. The lowest BCUT2D eigenvalue weighted by Gasteiger charge is -2.06. The molecule has 2 rings (SSSR count). The van der Waals surface area contributed by atoms with E-state index in [1.54, 1.807) is 0 Å². The molecule has 0 amide bonds. The van der Waals surface area contributed by atoms with E-state index >= 15 is 0 Å². The maximum Gasteiger partial charge on any atom is 0.219 e. The van der Waals surface area contributed by atoms with Gasteiger partial charge in [0.1, 0.15) is 6.61 Å². The highest BCUT2D eigenvalue weighted by molar-refractivity contribution is 5.95. The highest BCUT2D eigenvalue weighted by atomic mass is 19.2. The summed E-state index contributed by atoms with van der Waals surface area (Å²) < 4.78 is 44.5. The molecule has 0 fully saturated rings. The Morgan fingerprint density at radius 1 is 1.24 bits per heavy atom. The van der Waals surface area contributed by atoms with Crippen LogP contribution in [0.4, 0.5) is 13.2 Å². The number of aliphatic imine (C=N–C) groups is 1. The van der Waals surface area contributed by atoms with Crippen molar-refractivity contribution in [3.8, 4) is 0 Å². The average Bonchev–Trinajstić information content (AvgIpc) is 2.75. The molecule has 0 aliphatic carbocycles. The van der Waals surface area contributed by atoms with Crippen molar-refractivity contribution in [1.29, 1.82) is 0 Å². The number of halogens is 3. The zero-order valence-corrected chi connectivity index (χ0v) is 9.51. The van der Waals surface area contributed by atoms with E-state index in [-0.39, 0.29) is 23.4 Å². The van der Waals surface area contributed by atoms with Crippen molar-refractivity contribution < 1.29 is 17.9 Å². The monoisotopic (exact) mass is 243 g/mol. The van der Waals surface area contributed by atoms with E-state index in [9.17, 15) is 13.2 Å². The first kappa shape index (κ1) is 12.0. The average molecular weight is 243 g/mol. The zero-order chi connectivity index (χ0) is 12.6. The molecule has 1 heterocycles. The van der Waals surface area contributed by atoms with E-state index in [2.05, 4.69) is 4.99 Å². The van der Waals surface area contributed by atoms with Gasteiger partial charge in [-0.05, 0) is 18.1 Å². The van der Waals surface area contributed by atoms with Gasteiger partial charge in [-0.15, -0.1) is 0 Å². The van der Waals surface area contributed by atoms with Gasteiger partial charge in [0.2, 0.25) is 5.90 Å². The Balaban J connectivity index is 2.37. The van der Waals surface area contributed by atoms with Crippen LogP contribution in [0.3, 0.4) is 0 Å². The first-order valence-electron chi connectivity index (χ1n) is 5.35. The lowest BCUT2D eigenvalue weighted by atomic mass is 10.1. The molecule has 0 saturated carbocycles. The van der Waals surface area contributed by atoms with Crippen LogP contribution in [0.25, 0.3) is 0 Å². The fraction of sp³-hybridized carbons (Fsp3) is 0.417. The Morgan fingerprint density at radius 3 is 2.53 bits per heavy atom. The van der Waals surface area contributed by atoms with Crippen molar-refractivity contribution in [2.75, 3.05) is 6.61 Å². The molecule has 1 aliphatic heterocycles. The molecular formula is C12H12F3NO. The maximum atomic E-state index is 13.5. The Bertz CT molecular complexity index is 471. The first-order chi connectivity index (χ1) is 8.00. The highest BCUT2D eigenvalue weighted by Gasteiger charge is 2.26. The molecule has 0 bridgehead atoms. The van der Waals surface area contributed by atoms with E-state index in [4.69, 9.17) is 4.74 Å². The number of ether oxygens (including phenoxy) is 1. The van der Waals surface area contributed by atoms with E-state index in [1.165, 1.54) is 0 Å². The summed E-state index contributed by atoms with van der Waals surface area (Å²) in [5, 5.41) is 0. The molecule has 0 aromatic heterocycles. The van der Waals surface area contributed by atoms with Gasteiger partial charge in [-0.3, -0.25) is 0 Å². The van der Waals surface area contributed by atoms with Crippen LogP contribution in [0, 0.1) is 23.4 Å². The second-order valence-corrected chi connectivity index (χ2v) is 4.28. The maximum absolute atomic E-state index is 13.5. The van der Waals surface area contributed by atoms with Gasteiger partial charge < -0.3 is 4.74 Å². The van der Waals surface area contributed by atoms with Crippen molar-refractivity contribution in [2.24, 2.45) is 10.9 Å². The number of hydrogen-bond acceptors (Lipinski definition) is 2. The minimum atomic E-state index is -1.50. The normalized spacial score (nSPS) is 19.4. The molecule has 1 aliphatic rings. The largest absolute Gasteiger partial charge is 0.475 e. The predicted octanol–water partition coefficient (Wildman–Crippen LogP) is 2.91. The van der Waals surface area contributed by atoms with Crippen LogP contribution >= 0.6 is 0 Å². The van der Waals surface area contributed by atoms with Crippen LogP contribution in [0.2, 0.25) is 0 Å². The van der Waals surface area contributed by atoms with Crippen LogP contribution in [-0.4, -0.2) is 18.5 Å². The van der Waals surface area contributed by atoms with Crippen LogP contribution in [-0.2, 0) is 4.74 Å².